The van der Waals surface area contributed by atoms with Crippen molar-refractivity contribution in [2.75, 3.05) is 36.5 Å². The summed E-state index contributed by atoms with van der Waals surface area (Å²) in [5.41, 5.74) is 7.69. The van der Waals surface area contributed by atoms with Gasteiger partial charge in [-0.25, -0.2) is 0 Å². The lowest BCUT2D eigenvalue weighted by Gasteiger charge is -2.40. The van der Waals surface area contributed by atoms with Crippen LogP contribution in [0.4, 0.5) is 11.4 Å². The molecule has 0 unspecified atom stereocenters. The van der Waals surface area contributed by atoms with Crippen LogP contribution in [-0.2, 0) is 16.0 Å². The molecule has 0 aromatic carbocycles. The van der Waals surface area contributed by atoms with Crippen LogP contribution in [0.2, 0.25) is 0 Å². The Labute approximate surface area is 217 Å². The molecule has 0 amide bonds. The summed E-state index contributed by atoms with van der Waals surface area (Å²) in [6.07, 6.45) is 9.92. The first-order chi connectivity index (χ1) is 16.9. The van der Waals surface area contributed by atoms with Gasteiger partial charge in [-0.3, -0.25) is 14.8 Å². The van der Waals surface area contributed by atoms with E-state index >= 15 is 0 Å². The average Bonchev–Trinajstić information content (AvgIpc) is 2.82. The van der Waals surface area contributed by atoms with Crippen LogP contribution in [0.5, 0.6) is 0 Å². The minimum Gasteiger partial charge on any atom is -0.436 e. The van der Waals surface area contributed by atoms with E-state index in [1.54, 1.807) is 0 Å². The van der Waals surface area contributed by atoms with Gasteiger partial charge in [0.25, 0.3) is 6.47 Å². The largest absolute Gasteiger partial charge is 0.436 e. The van der Waals surface area contributed by atoms with Crippen LogP contribution in [-0.4, -0.2) is 54.0 Å². The Morgan fingerprint density at radius 2 is 1.83 bits per heavy atom. The van der Waals surface area contributed by atoms with E-state index in [0.717, 1.165) is 37.4 Å². The normalized spacial score (nSPS) is 15.1. The number of anilines is 2. The van der Waals surface area contributed by atoms with Gasteiger partial charge in [-0.15, -0.1) is 0 Å². The van der Waals surface area contributed by atoms with Crippen molar-refractivity contribution in [2.24, 2.45) is 5.41 Å². The minimum atomic E-state index is -1.32. The molecular formula is C29H46N4O3. The van der Waals surface area contributed by atoms with Crippen LogP contribution in [0, 0.1) is 12.3 Å². The topological polar surface area (TPSA) is 78.8 Å². The van der Waals surface area contributed by atoms with Crippen LogP contribution in [0.1, 0.15) is 78.5 Å². The van der Waals surface area contributed by atoms with E-state index in [9.17, 15) is 4.79 Å². The molecule has 1 aliphatic heterocycles. The average molecular weight is 499 g/mol. The maximum absolute atomic E-state index is 9.44. The van der Waals surface area contributed by atoms with Gasteiger partial charge in [0.05, 0.1) is 23.3 Å². The van der Waals surface area contributed by atoms with Crippen molar-refractivity contribution in [3.63, 3.8) is 0 Å². The monoisotopic (exact) mass is 498 g/mol. The number of ether oxygens (including phenoxy) is 1. The van der Waals surface area contributed by atoms with Crippen molar-refractivity contribution in [1.29, 1.82) is 0 Å². The molecule has 1 saturated heterocycles. The highest BCUT2D eigenvalue weighted by molar-refractivity contribution is 5.79. The zero-order valence-electron chi connectivity index (χ0n) is 23.6. The summed E-state index contributed by atoms with van der Waals surface area (Å²) in [5.74, 6) is -1.32. The lowest BCUT2D eigenvalue weighted by molar-refractivity contribution is -0.179. The number of hydrogen-bond donors (Lipinski definition) is 1. The fourth-order valence-corrected chi connectivity index (χ4v) is 4.36. The highest BCUT2D eigenvalue weighted by atomic mass is 16.6. The molecule has 0 bridgehead atoms. The number of rotatable bonds is 9. The standard InChI is InChI=1S/C25H38N4.C4H8O3/c1-7-9-14-28(6)20-10-11-23(27-17-20)22-18-26-19(3)21(8-2)24(22)29-15-12-25(4,5)13-16-29;1-4(2,6)7-3-5/h10-11,17-18H,7-9,12-16H2,1-6H3;3,6H,1-2H3. The second-order valence-electron chi connectivity index (χ2n) is 10.9. The van der Waals surface area contributed by atoms with E-state index < -0.39 is 5.79 Å². The maximum Gasteiger partial charge on any atom is 0.295 e. The van der Waals surface area contributed by atoms with Crippen molar-refractivity contribution in [3.8, 4) is 11.3 Å². The first-order valence-corrected chi connectivity index (χ1v) is 13.2. The molecule has 0 radical (unpaired) electrons. The van der Waals surface area contributed by atoms with Crippen LogP contribution < -0.4 is 9.80 Å². The minimum absolute atomic E-state index is 0.208. The second-order valence-corrected chi connectivity index (χ2v) is 10.9. The van der Waals surface area contributed by atoms with Gasteiger partial charge in [0.1, 0.15) is 0 Å². The van der Waals surface area contributed by atoms with Gasteiger partial charge in [-0.2, -0.15) is 0 Å². The molecule has 2 aromatic rings. The maximum atomic E-state index is 9.44. The van der Waals surface area contributed by atoms with Crippen molar-refractivity contribution in [2.45, 2.75) is 86.4 Å². The Hall–Kier alpha value is -2.67. The summed E-state index contributed by atoms with van der Waals surface area (Å²) in [5, 5.41) is 8.56. The van der Waals surface area contributed by atoms with Gasteiger partial charge in [0, 0.05) is 58.0 Å². The van der Waals surface area contributed by atoms with Crippen molar-refractivity contribution in [1.82, 2.24) is 9.97 Å². The Morgan fingerprint density at radius 3 is 2.31 bits per heavy atom. The van der Waals surface area contributed by atoms with E-state index in [1.165, 1.54) is 62.0 Å². The third-order valence-electron chi connectivity index (χ3n) is 6.80. The number of aryl methyl sites for hydroxylation is 1. The molecular weight excluding hydrogens is 452 g/mol. The van der Waals surface area contributed by atoms with Crippen LogP contribution >= 0.6 is 0 Å². The van der Waals surface area contributed by atoms with Gasteiger partial charge in [-0.05, 0) is 55.7 Å². The summed E-state index contributed by atoms with van der Waals surface area (Å²) in [7, 11) is 2.15. The number of carbonyl (C=O) groups is 1. The smallest absolute Gasteiger partial charge is 0.295 e. The SMILES string of the molecule is CC(C)(O)OC=O.CCCCN(C)c1ccc(-c2cnc(C)c(CC)c2N2CCC(C)(C)CC2)nc1. The van der Waals surface area contributed by atoms with Crippen molar-refractivity contribution < 1.29 is 14.6 Å². The first-order valence-electron chi connectivity index (χ1n) is 13.2. The zero-order chi connectivity index (χ0) is 26.9. The molecule has 36 heavy (non-hydrogen) atoms. The predicted octanol–water partition coefficient (Wildman–Crippen LogP) is 5.76. The number of carbonyl (C=O) groups excluding carboxylic acids is 1. The molecule has 0 aliphatic carbocycles. The summed E-state index contributed by atoms with van der Waals surface area (Å²) in [6.45, 7) is 17.6. The number of aromatic nitrogens is 2. The first kappa shape index (κ1) is 29.6. The highest BCUT2D eigenvalue weighted by Gasteiger charge is 2.28. The number of hydrogen-bond acceptors (Lipinski definition) is 7. The molecule has 1 N–H and O–H groups in total. The number of piperidine rings is 1. The Balaban J connectivity index is 0.000000572. The molecule has 1 fully saturated rings. The summed E-state index contributed by atoms with van der Waals surface area (Å²) in [4.78, 5) is 23.9. The van der Waals surface area contributed by atoms with Crippen LogP contribution in [0.25, 0.3) is 11.3 Å². The molecule has 1 aliphatic rings. The van der Waals surface area contributed by atoms with Crippen molar-refractivity contribution in [3.05, 3.63) is 35.8 Å². The quantitative estimate of drug-likeness (QED) is 0.347. The summed E-state index contributed by atoms with van der Waals surface area (Å²) in [6, 6.07) is 4.37. The van der Waals surface area contributed by atoms with Gasteiger partial charge >= 0.3 is 0 Å². The number of nitrogens with zero attached hydrogens (tertiary/aromatic N) is 4. The molecule has 200 valence electrons. The van der Waals surface area contributed by atoms with E-state index in [0.29, 0.717) is 5.41 Å². The molecule has 7 nitrogen and oxygen atoms in total. The molecule has 0 atom stereocenters. The fraction of sp³-hybridized carbons (Fsp3) is 0.621. The van der Waals surface area contributed by atoms with Gasteiger partial charge in [0.15, 0.2) is 0 Å². The number of pyridine rings is 2. The Bertz CT molecular complexity index is 958. The van der Waals surface area contributed by atoms with E-state index in [1.807, 2.05) is 12.4 Å². The molecule has 2 aromatic heterocycles. The number of aliphatic hydroxyl groups is 1. The summed E-state index contributed by atoms with van der Waals surface area (Å²) >= 11 is 0. The van der Waals surface area contributed by atoms with Gasteiger partial charge in [-0.1, -0.05) is 34.1 Å². The lowest BCUT2D eigenvalue weighted by Crippen LogP contribution is -2.38. The predicted molar refractivity (Wildman–Crippen MR) is 148 cm³/mol. The fourth-order valence-electron chi connectivity index (χ4n) is 4.36. The van der Waals surface area contributed by atoms with Crippen LogP contribution in [0.15, 0.2) is 24.5 Å². The van der Waals surface area contributed by atoms with E-state index in [2.05, 4.69) is 68.3 Å². The molecule has 3 heterocycles. The third kappa shape index (κ3) is 8.47. The van der Waals surface area contributed by atoms with Gasteiger partial charge < -0.3 is 19.6 Å². The number of unbranched alkanes of at least 4 members (excludes halogenated alkanes) is 1. The zero-order valence-corrected chi connectivity index (χ0v) is 23.6. The van der Waals surface area contributed by atoms with Crippen molar-refractivity contribution >= 4 is 17.8 Å². The van der Waals surface area contributed by atoms with Crippen LogP contribution in [0.3, 0.4) is 0 Å². The Morgan fingerprint density at radius 1 is 1.17 bits per heavy atom. The summed E-state index contributed by atoms with van der Waals surface area (Å²) < 4.78 is 4.10. The Kier molecular flexibility index (Phi) is 10.7. The van der Waals surface area contributed by atoms with E-state index in [-0.39, 0.29) is 6.47 Å². The van der Waals surface area contributed by atoms with E-state index in [4.69, 9.17) is 15.1 Å². The second kappa shape index (κ2) is 13.0. The molecule has 0 saturated carbocycles. The molecule has 3 rings (SSSR count). The molecule has 7 heteroatoms. The lowest BCUT2D eigenvalue weighted by atomic mass is 9.82. The third-order valence-corrected chi connectivity index (χ3v) is 6.80. The van der Waals surface area contributed by atoms with Gasteiger partial charge in [0.2, 0.25) is 5.79 Å². The highest BCUT2D eigenvalue weighted by Crippen LogP contribution is 2.39. The molecule has 0 spiro atoms.